The summed E-state index contributed by atoms with van der Waals surface area (Å²) in [6.07, 6.45) is 4.74. The van der Waals surface area contributed by atoms with E-state index in [0.29, 0.717) is 28.2 Å². The van der Waals surface area contributed by atoms with Gasteiger partial charge in [0.05, 0.1) is 29.8 Å². The van der Waals surface area contributed by atoms with E-state index in [2.05, 4.69) is 20.5 Å². The fourth-order valence-corrected chi connectivity index (χ4v) is 3.24. The lowest BCUT2D eigenvalue weighted by molar-refractivity contribution is 0.0528. The fourth-order valence-electron chi connectivity index (χ4n) is 3.24. The predicted molar refractivity (Wildman–Crippen MR) is 110 cm³/mol. The molecule has 4 rings (SSSR count). The Morgan fingerprint density at radius 2 is 2.03 bits per heavy atom. The van der Waals surface area contributed by atoms with Gasteiger partial charge in [0.1, 0.15) is 5.56 Å². The largest absolute Gasteiger partial charge is 0.462 e. The molecular weight excluding hydrogens is 384 g/mol. The Balaban J connectivity index is 1.67. The SMILES string of the molecule is CCOC(=O)c1cnn2c(-c3cccc(NC(=O)c4cn(C)nc4C)c3)ccnc12. The van der Waals surface area contributed by atoms with Crippen molar-refractivity contribution in [1.82, 2.24) is 24.4 Å². The third kappa shape index (κ3) is 3.52. The van der Waals surface area contributed by atoms with Gasteiger partial charge in [-0.25, -0.2) is 14.3 Å². The molecule has 0 aliphatic rings. The summed E-state index contributed by atoms with van der Waals surface area (Å²) >= 11 is 0. The van der Waals surface area contributed by atoms with Gasteiger partial charge in [0.15, 0.2) is 5.65 Å². The number of nitrogens with zero attached hydrogens (tertiary/aromatic N) is 5. The number of carbonyl (C=O) groups excluding carboxylic acids is 2. The van der Waals surface area contributed by atoms with E-state index in [1.807, 2.05) is 18.2 Å². The zero-order valence-corrected chi connectivity index (χ0v) is 16.8. The minimum Gasteiger partial charge on any atom is -0.462 e. The number of aryl methyl sites for hydroxylation is 2. The Bertz CT molecular complexity index is 1260. The van der Waals surface area contributed by atoms with E-state index in [1.165, 1.54) is 6.20 Å². The first-order chi connectivity index (χ1) is 14.5. The Hall–Kier alpha value is -4.01. The molecule has 3 heterocycles. The van der Waals surface area contributed by atoms with Crippen molar-refractivity contribution in [3.8, 4) is 11.3 Å². The third-order valence-corrected chi connectivity index (χ3v) is 4.57. The summed E-state index contributed by atoms with van der Waals surface area (Å²) in [4.78, 5) is 29.0. The number of hydrogen-bond acceptors (Lipinski definition) is 6. The van der Waals surface area contributed by atoms with Crippen molar-refractivity contribution < 1.29 is 14.3 Å². The van der Waals surface area contributed by atoms with E-state index in [0.717, 1.165) is 11.3 Å². The Morgan fingerprint density at radius 1 is 1.20 bits per heavy atom. The molecule has 1 aromatic carbocycles. The van der Waals surface area contributed by atoms with Crippen LogP contribution in [0.5, 0.6) is 0 Å². The number of esters is 1. The van der Waals surface area contributed by atoms with E-state index < -0.39 is 5.97 Å². The summed E-state index contributed by atoms with van der Waals surface area (Å²) in [5, 5.41) is 11.4. The van der Waals surface area contributed by atoms with Gasteiger partial charge in [-0.05, 0) is 32.0 Å². The second kappa shape index (κ2) is 7.78. The molecule has 0 saturated carbocycles. The molecule has 3 aromatic heterocycles. The lowest BCUT2D eigenvalue weighted by Crippen LogP contribution is -2.12. The zero-order valence-electron chi connectivity index (χ0n) is 16.8. The van der Waals surface area contributed by atoms with Gasteiger partial charge >= 0.3 is 5.97 Å². The van der Waals surface area contributed by atoms with Gasteiger partial charge in [0.2, 0.25) is 0 Å². The summed E-state index contributed by atoms with van der Waals surface area (Å²) in [5.74, 6) is -0.702. The van der Waals surface area contributed by atoms with Crippen LogP contribution >= 0.6 is 0 Å². The van der Waals surface area contributed by atoms with Crippen molar-refractivity contribution >= 4 is 23.2 Å². The van der Waals surface area contributed by atoms with Crippen molar-refractivity contribution in [2.24, 2.45) is 7.05 Å². The van der Waals surface area contributed by atoms with Crippen LogP contribution in [0.4, 0.5) is 5.69 Å². The average molecular weight is 404 g/mol. The van der Waals surface area contributed by atoms with Gasteiger partial charge in [0.25, 0.3) is 5.91 Å². The van der Waals surface area contributed by atoms with Gasteiger partial charge < -0.3 is 10.1 Å². The predicted octanol–water partition coefficient (Wildman–Crippen LogP) is 2.87. The molecule has 4 aromatic rings. The molecule has 0 fully saturated rings. The minimum absolute atomic E-state index is 0.235. The molecule has 152 valence electrons. The van der Waals surface area contributed by atoms with E-state index in [4.69, 9.17) is 4.74 Å². The highest BCUT2D eigenvalue weighted by Crippen LogP contribution is 2.24. The highest BCUT2D eigenvalue weighted by atomic mass is 16.5. The van der Waals surface area contributed by atoms with Crippen molar-refractivity contribution in [2.45, 2.75) is 13.8 Å². The molecule has 0 unspecified atom stereocenters. The zero-order chi connectivity index (χ0) is 21.3. The first-order valence-electron chi connectivity index (χ1n) is 9.40. The van der Waals surface area contributed by atoms with Crippen LogP contribution in [0.1, 0.15) is 33.3 Å². The Kier molecular flexibility index (Phi) is 5.01. The van der Waals surface area contributed by atoms with Crippen LogP contribution in [0.2, 0.25) is 0 Å². The highest BCUT2D eigenvalue weighted by molar-refractivity contribution is 6.05. The lowest BCUT2D eigenvalue weighted by Gasteiger charge is -2.09. The van der Waals surface area contributed by atoms with Crippen molar-refractivity contribution in [3.05, 3.63) is 65.7 Å². The lowest BCUT2D eigenvalue weighted by atomic mass is 10.1. The van der Waals surface area contributed by atoms with E-state index in [-0.39, 0.29) is 12.5 Å². The summed E-state index contributed by atoms with van der Waals surface area (Å²) in [5.41, 5.74) is 4.04. The standard InChI is InChI=1S/C21H20N6O3/c1-4-30-21(29)16-11-23-27-18(8-9-22-19(16)27)14-6-5-7-15(10-14)24-20(28)17-12-26(3)25-13(17)2/h5-12H,4H2,1-3H3,(H,24,28). The molecule has 0 radical (unpaired) electrons. The van der Waals surface area contributed by atoms with Crippen molar-refractivity contribution in [2.75, 3.05) is 11.9 Å². The molecule has 0 aliphatic carbocycles. The van der Waals surface area contributed by atoms with Crippen molar-refractivity contribution in [1.29, 1.82) is 0 Å². The number of carbonyl (C=O) groups is 2. The fraction of sp³-hybridized carbons (Fsp3) is 0.190. The van der Waals surface area contributed by atoms with Gasteiger partial charge in [-0.15, -0.1) is 0 Å². The van der Waals surface area contributed by atoms with Crippen LogP contribution in [0.3, 0.4) is 0 Å². The van der Waals surface area contributed by atoms with E-state index >= 15 is 0 Å². The molecule has 0 saturated heterocycles. The van der Waals surface area contributed by atoms with Crippen LogP contribution < -0.4 is 5.32 Å². The molecule has 9 heteroatoms. The minimum atomic E-state index is -0.468. The Morgan fingerprint density at radius 3 is 2.77 bits per heavy atom. The molecule has 9 nitrogen and oxygen atoms in total. The molecule has 1 amide bonds. The smallest absolute Gasteiger partial charge is 0.343 e. The van der Waals surface area contributed by atoms with Gasteiger partial charge in [-0.3, -0.25) is 9.48 Å². The number of anilines is 1. The molecule has 30 heavy (non-hydrogen) atoms. The summed E-state index contributed by atoms with van der Waals surface area (Å²) in [6.45, 7) is 3.81. The maximum absolute atomic E-state index is 12.6. The van der Waals surface area contributed by atoms with Gasteiger partial charge in [-0.1, -0.05) is 12.1 Å². The molecule has 0 spiro atoms. The number of amides is 1. The second-order valence-corrected chi connectivity index (χ2v) is 6.68. The molecule has 1 N–H and O–H groups in total. The number of ether oxygens (including phenoxy) is 1. The molecule has 0 atom stereocenters. The van der Waals surface area contributed by atoms with Gasteiger partial charge in [-0.2, -0.15) is 10.2 Å². The summed E-state index contributed by atoms with van der Waals surface area (Å²) < 4.78 is 8.26. The van der Waals surface area contributed by atoms with Crippen LogP contribution in [-0.2, 0) is 11.8 Å². The van der Waals surface area contributed by atoms with E-state index in [9.17, 15) is 9.59 Å². The van der Waals surface area contributed by atoms with Crippen LogP contribution in [0.25, 0.3) is 16.9 Å². The number of fused-ring (bicyclic) bond motifs is 1. The third-order valence-electron chi connectivity index (χ3n) is 4.57. The number of hydrogen-bond donors (Lipinski definition) is 1. The molecular formula is C21H20N6O3. The highest BCUT2D eigenvalue weighted by Gasteiger charge is 2.18. The number of benzene rings is 1. The number of aromatic nitrogens is 5. The quantitative estimate of drug-likeness (QED) is 0.513. The van der Waals surface area contributed by atoms with Crippen LogP contribution in [-0.4, -0.2) is 42.9 Å². The first kappa shape index (κ1) is 19.3. The topological polar surface area (TPSA) is 103 Å². The Labute approximate surface area is 172 Å². The number of nitrogens with one attached hydrogen (secondary N) is 1. The maximum Gasteiger partial charge on any atom is 0.343 e. The normalized spacial score (nSPS) is 10.9. The van der Waals surface area contributed by atoms with Gasteiger partial charge in [0, 0.05) is 30.7 Å². The first-order valence-corrected chi connectivity index (χ1v) is 9.40. The molecule has 0 aliphatic heterocycles. The maximum atomic E-state index is 12.6. The monoisotopic (exact) mass is 404 g/mol. The second-order valence-electron chi connectivity index (χ2n) is 6.68. The van der Waals surface area contributed by atoms with E-state index in [1.54, 1.807) is 54.6 Å². The van der Waals surface area contributed by atoms with Crippen molar-refractivity contribution in [3.63, 3.8) is 0 Å². The van der Waals surface area contributed by atoms with Crippen LogP contribution in [0, 0.1) is 6.92 Å². The summed E-state index contributed by atoms with van der Waals surface area (Å²) in [6, 6.07) is 9.17. The average Bonchev–Trinajstić information content (AvgIpc) is 3.31. The summed E-state index contributed by atoms with van der Waals surface area (Å²) in [7, 11) is 1.77. The van der Waals surface area contributed by atoms with Crippen LogP contribution in [0.15, 0.2) is 48.9 Å². The molecule has 0 bridgehead atoms. The number of rotatable bonds is 5.